The minimum Gasteiger partial charge on any atom is -0.494 e. The molecule has 25 heavy (non-hydrogen) atoms. The smallest absolute Gasteiger partial charge is 0.134 e. The van der Waals surface area contributed by atoms with Crippen molar-refractivity contribution in [1.82, 2.24) is 4.98 Å². The van der Waals surface area contributed by atoms with Crippen LogP contribution in [0, 0.1) is 11.3 Å². The van der Waals surface area contributed by atoms with E-state index in [0.717, 1.165) is 27.0 Å². The summed E-state index contributed by atoms with van der Waals surface area (Å²) in [6.45, 7) is 2.59. The summed E-state index contributed by atoms with van der Waals surface area (Å²) in [5.41, 5.74) is 3.39. The summed E-state index contributed by atoms with van der Waals surface area (Å²) in [6, 6.07) is 17.9. The van der Waals surface area contributed by atoms with Gasteiger partial charge in [0.15, 0.2) is 0 Å². The molecule has 0 radical (unpaired) electrons. The lowest BCUT2D eigenvalue weighted by Gasteiger charge is -2.02. The fraction of sp³-hybridized carbons (Fsp3) is 0.100. The van der Waals surface area contributed by atoms with Crippen LogP contribution in [0.1, 0.15) is 17.5 Å². The van der Waals surface area contributed by atoms with Gasteiger partial charge in [-0.05, 0) is 42.8 Å². The maximum absolute atomic E-state index is 9.52. The molecule has 0 amide bonds. The van der Waals surface area contributed by atoms with Crippen molar-refractivity contribution < 1.29 is 4.74 Å². The largest absolute Gasteiger partial charge is 0.494 e. The van der Waals surface area contributed by atoms with Gasteiger partial charge in [0.25, 0.3) is 0 Å². The Labute approximate surface area is 159 Å². The number of nitriles is 1. The number of hydrogen-bond donors (Lipinski definition) is 0. The Morgan fingerprint density at radius 1 is 1.28 bits per heavy atom. The number of nitrogens with zero attached hydrogens (tertiary/aromatic N) is 2. The third-order valence-electron chi connectivity index (χ3n) is 3.48. The first kappa shape index (κ1) is 17.4. The van der Waals surface area contributed by atoms with Crippen molar-refractivity contribution in [3.05, 3.63) is 69.0 Å². The third-order valence-corrected chi connectivity index (χ3v) is 4.85. The monoisotopic (exact) mass is 410 g/mol. The number of hydrogen-bond acceptors (Lipinski definition) is 4. The lowest BCUT2D eigenvalue weighted by Crippen LogP contribution is -1.90. The van der Waals surface area contributed by atoms with Crippen molar-refractivity contribution in [3.63, 3.8) is 0 Å². The highest BCUT2D eigenvalue weighted by Crippen LogP contribution is 2.28. The predicted molar refractivity (Wildman–Crippen MR) is 106 cm³/mol. The molecular formula is C20H15BrN2OS. The Morgan fingerprint density at radius 2 is 2.08 bits per heavy atom. The Balaban J connectivity index is 1.87. The summed E-state index contributed by atoms with van der Waals surface area (Å²) in [7, 11) is 0. The summed E-state index contributed by atoms with van der Waals surface area (Å²) in [4.78, 5) is 4.62. The fourth-order valence-corrected chi connectivity index (χ4v) is 3.51. The van der Waals surface area contributed by atoms with Crippen molar-refractivity contribution in [3.8, 4) is 23.1 Å². The van der Waals surface area contributed by atoms with Crippen LogP contribution in [-0.4, -0.2) is 11.6 Å². The van der Waals surface area contributed by atoms with Crippen LogP contribution in [-0.2, 0) is 0 Å². The molecule has 0 fully saturated rings. The van der Waals surface area contributed by atoms with E-state index >= 15 is 0 Å². The Bertz CT molecular complexity index is 939. The van der Waals surface area contributed by atoms with E-state index in [1.54, 1.807) is 0 Å². The summed E-state index contributed by atoms with van der Waals surface area (Å²) in [6.07, 6.45) is 1.85. The Kier molecular flexibility index (Phi) is 5.64. The molecule has 0 saturated carbocycles. The van der Waals surface area contributed by atoms with Crippen molar-refractivity contribution in [2.75, 3.05) is 6.61 Å². The number of thiazole rings is 1. The molecule has 0 unspecified atom stereocenters. The zero-order chi connectivity index (χ0) is 17.6. The number of allylic oxidation sites excluding steroid dienone is 1. The van der Waals surface area contributed by atoms with Crippen LogP contribution in [0.5, 0.6) is 5.75 Å². The third kappa shape index (κ3) is 4.36. The topological polar surface area (TPSA) is 45.9 Å². The molecule has 5 heteroatoms. The highest BCUT2D eigenvalue weighted by molar-refractivity contribution is 9.10. The minimum absolute atomic E-state index is 0.551. The first-order chi connectivity index (χ1) is 12.2. The van der Waals surface area contributed by atoms with E-state index in [4.69, 9.17) is 4.74 Å². The highest BCUT2D eigenvalue weighted by Gasteiger charge is 2.09. The van der Waals surface area contributed by atoms with Gasteiger partial charge in [0.1, 0.15) is 16.8 Å². The average molecular weight is 411 g/mol. The van der Waals surface area contributed by atoms with E-state index in [9.17, 15) is 5.26 Å². The van der Waals surface area contributed by atoms with Gasteiger partial charge in [0.05, 0.1) is 17.9 Å². The quantitative estimate of drug-likeness (QED) is 0.481. The number of rotatable bonds is 5. The molecule has 124 valence electrons. The predicted octanol–water partition coefficient (Wildman–Crippen LogP) is 6.04. The van der Waals surface area contributed by atoms with Crippen molar-refractivity contribution in [1.29, 1.82) is 5.26 Å². The molecule has 0 aliphatic heterocycles. The number of halogens is 1. The maximum Gasteiger partial charge on any atom is 0.134 e. The van der Waals surface area contributed by atoms with E-state index in [0.29, 0.717) is 17.2 Å². The van der Waals surface area contributed by atoms with Gasteiger partial charge in [-0.3, -0.25) is 0 Å². The standard InChI is InChI=1S/C20H15BrN2OS/c1-2-24-18-8-6-14(7-9-18)10-16(12-22)20-23-19(13-25-20)15-4-3-5-17(21)11-15/h3-11,13H,2H2,1H3. The first-order valence-electron chi connectivity index (χ1n) is 7.76. The molecule has 1 aromatic heterocycles. The molecule has 2 aromatic carbocycles. The molecule has 3 aromatic rings. The van der Waals surface area contributed by atoms with Crippen LogP contribution in [0.2, 0.25) is 0 Å². The molecule has 0 bridgehead atoms. The van der Waals surface area contributed by atoms with Crippen molar-refractivity contribution in [2.24, 2.45) is 0 Å². The lowest BCUT2D eigenvalue weighted by molar-refractivity contribution is 0.340. The summed E-state index contributed by atoms with van der Waals surface area (Å²) in [5, 5.41) is 12.2. The van der Waals surface area contributed by atoms with E-state index in [2.05, 4.69) is 27.0 Å². The zero-order valence-electron chi connectivity index (χ0n) is 13.6. The minimum atomic E-state index is 0.551. The Hall–Kier alpha value is -2.42. The second kappa shape index (κ2) is 8.11. The van der Waals surface area contributed by atoms with Crippen molar-refractivity contribution >= 4 is 38.9 Å². The van der Waals surface area contributed by atoms with Gasteiger partial charge < -0.3 is 4.74 Å². The molecular weight excluding hydrogens is 396 g/mol. The molecule has 3 rings (SSSR count). The van der Waals surface area contributed by atoms with E-state index in [-0.39, 0.29) is 0 Å². The molecule has 0 aliphatic rings. The lowest BCUT2D eigenvalue weighted by atomic mass is 10.1. The summed E-state index contributed by atoms with van der Waals surface area (Å²) < 4.78 is 6.44. The molecule has 3 nitrogen and oxygen atoms in total. The SMILES string of the molecule is CCOc1ccc(C=C(C#N)c2nc(-c3cccc(Br)c3)cs2)cc1. The van der Waals surface area contributed by atoms with Crippen LogP contribution >= 0.6 is 27.3 Å². The van der Waals surface area contributed by atoms with Gasteiger partial charge >= 0.3 is 0 Å². The molecule has 0 atom stereocenters. The second-order valence-corrected chi connectivity index (χ2v) is 6.99. The average Bonchev–Trinajstić information content (AvgIpc) is 3.11. The summed E-state index contributed by atoms with van der Waals surface area (Å²) in [5.74, 6) is 0.823. The van der Waals surface area contributed by atoms with Crippen LogP contribution in [0.4, 0.5) is 0 Å². The van der Waals surface area contributed by atoms with Gasteiger partial charge in [-0.2, -0.15) is 5.26 Å². The second-order valence-electron chi connectivity index (χ2n) is 5.22. The fourth-order valence-electron chi connectivity index (χ4n) is 2.31. The van der Waals surface area contributed by atoms with Crippen LogP contribution < -0.4 is 4.74 Å². The summed E-state index contributed by atoms with van der Waals surface area (Å²) >= 11 is 4.94. The number of benzene rings is 2. The van der Waals surface area contributed by atoms with Gasteiger partial charge in [-0.25, -0.2) is 4.98 Å². The maximum atomic E-state index is 9.52. The molecule has 0 saturated heterocycles. The van der Waals surface area contributed by atoms with Gasteiger partial charge in [0.2, 0.25) is 0 Å². The van der Waals surface area contributed by atoms with Crippen LogP contribution in [0.3, 0.4) is 0 Å². The van der Waals surface area contributed by atoms with Gasteiger partial charge in [0, 0.05) is 15.4 Å². The number of ether oxygens (including phenoxy) is 1. The normalized spacial score (nSPS) is 11.2. The molecule has 0 aliphatic carbocycles. The van der Waals surface area contributed by atoms with Crippen LogP contribution in [0.15, 0.2) is 58.4 Å². The molecule has 0 spiro atoms. The van der Waals surface area contributed by atoms with Crippen molar-refractivity contribution in [2.45, 2.75) is 6.92 Å². The van der Waals surface area contributed by atoms with E-state index in [1.165, 1.54) is 11.3 Å². The molecule has 1 heterocycles. The highest BCUT2D eigenvalue weighted by atomic mass is 79.9. The van der Waals surface area contributed by atoms with Gasteiger partial charge in [-0.15, -0.1) is 11.3 Å². The van der Waals surface area contributed by atoms with E-state index in [1.807, 2.05) is 66.9 Å². The van der Waals surface area contributed by atoms with Crippen LogP contribution in [0.25, 0.3) is 22.9 Å². The zero-order valence-corrected chi connectivity index (χ0v) is 16.0. The van der Waals surface area contributed by atoms with Gasteiger partial charge in [-0.1, -0.05) is 40.2 Å². The Morgan fingerprint density at radius 3 is 2.76 bits per heavy atom. The molecule has 0 N–H and O–H groups in total. The first-order valence-corrected chi connectivity index (χ1v) is 9.43. The number of aromatic nitrogens is 1. The van der Waals surface area contributed by atoms with E-state index < -0.39 is 0 Å².